The van der Waals surface area contributed by atoms with Crippen LogP contribution in [0.3, 0.4) is 0 Å². The van der Waals surface area contributed by atoms with E-state index in [1.54, 1.807) is 0 Å². The molecule has 0 radical (unpaired) electrons. The highest BCUT2D eigenvalue weighted by Crippen LogP contribution is 2.15. The van der Waals surface area contributed by atoms with Crippen molar-refractivity contribution in [2.75, 3.05) is 5.32 Å². The summed E-state index contributed by atoms with van der Waals surface area (Å²) in [5.74, 6) is -5.29. The predicted molar refractivity (Wildman–Crippen MR) is 66.1 cm³/mol. The first-order valence-corrected chi connectivity index (χ1v) is 5.52. The molecule has 0 saturated carbocycles. The summed E-state index contributed by atoms with van der Waals surface area (Å²) in [6.07, 6.45) is 0.635. The third-order valence-electron chi connectivity index (χ3n) is 2.55. The second kappa shape index (κ2) is 5.56. The number of halogens is 3. The fourth-order valence-electron chi connectivity index (χ4n) is 1.53. The van der Waals surface area contributed by atoms with Crippen molar-refractivity contribution in [3.05, 3.63) is 65.0 Å². The lowest BCUT2D eigenvalue weighted by atomic mass is 10.1. The van der Waals surface area contributed by atoms with E-state index in [-0.39, 0.29) is 5.56 Å². The van der Waals surface area contributed by atoms with Crippen molar-refractivity contribution < 1.29 is 22.8 Å². The summed E-state index contributed by atoms with van der Waals surface area (Å²) in [6.45, 7) is 0. The van der Waals surface area contributed by atoms with Gasteiger partial charge in [-0.1, -0.05) is 0 Å². The molecule has 0 aliphatic heterocycles. The van der Waals surface area contributed by atoms with Gasteiger partial charge >= 0.3 is 0 Å². The molecule has 0 unspecified atom stereocenters. The van der Waals surface area contributed by atoms with Crippen LogP contribution in [0.4, 0.5) is 18.9 Å². The maximum Gasteiger partial charge on any atom is 0.255 e. The second-order valence-electron chi connectivity index (χ2n) is 3.95. The van der Waals surface area contributed by atoms with Gasteiger partial charge in [0.1, 0.15) is 6.29 Å². The Hall–Kier alpha value is -2.63. The molecule has 2 aromatic carbocycles. The minimum Gasteiger partial charge on any atom is -0.322 e. The number of carbonyl (C=O) groups excluding carboxylic acids is 2. The Kier molecular flexibility index (Phi) is 3.84. The van der Waals surface area contributed by atoms with Gasteiger partial charge in [0.25, 0.3) is 5.91 Å². The van der Waals surface area contributed by atoms with E-state index in [0.717, 1.165) is 0 Å². The van der Waals surface area contributed by atoms with Crippen LogP contribution < -0.4 is 5.32 Å². The van der Waals surface area contributed by atoms with E-state index in [9.17, 15) is 22.8 Å². The summed E-state index contributed by atoms with van der Waals surface area (Å²) in [4.78, 5) is 22.2. The Morgan fingerprint density at radius 2 is 1.55 bits per heavy atom. The summed E-state index contributed by atoms with van der Waals surface area (Å²) < 4.78 is 38.8. The molecule has 0 spiro atoms. The lowest BCUT2D eigenvalue weighted by Gasteiger charge is -2.06. The number of aldehydes is 1. The number of rotatable bonds is 3. The van der Waals surface area contributed by atoms with Gasteiger partial charge in [0, 0.05) is 16.8 Å². The molecule has 0 saturated heterocycles. The molecule has 0 fully saturated rings. The van der Waals surface area contributed by atoms with Gasteiger partial charge < -0.3 is 5.32 Å². The minimum atomic E-state index is -1.63. The van der Waals surface area contributed by atoms with Crippen molar-refractivity contribution in [2.24, 2.45) is 0 Å². The average Bonchev–Trinajstić information content (AvgIpc) is 2.45. The van der Waals surface area contributed by atoms with Gasteiger partial charge in [0.05, 0.1) is 0 Å². The van der Waals surface area contributed by atoms with E-state index >= 15 is 0 Å². The molecular formula is C14H8F3NO2. The molecule has 1 amide bonds. The lowest BCUT2D eigenvalue weighted by molar-refractivity contribution is 0.102. The number of benzene rings is 2. The van der Waals surface area contributed by atoms with E-state index in [1.807, 2.05) is 0 Å². The van der Waals surface area contributed by atoms with Crippen molar-refractivity contribution in [1.82, 2.24) is 0 Å². The van der Waals surface area contributed by atoms with Crippen LogP contribution in [0.25, 0.3) is 0 Å². The highest BCUT2D eigenvalue weighted by atomic mass is 19.2. The number of hydrogen-bond donors (Lipinski definition) is 1. The molecule has 0 atom stereocenters. The van der Waals surface area contributed by atoms with Gasteiger partial charge in [-0.05, 0) is 36.4 Å². The van der Waals surface area contributed by atoms with Gasteiger partial charge in [-0.3, -0.25) is 9.59 Å². The zero-order chi connectivity index (χ0) is 14.7. The van der Waals surface area contributed by atoms with E-state index < -0.39 is 23.4 Å². The molecular weight excluding hydrogens is 271 g/mol. The second-order valence-corrected chi connectivity index (χ2v) is 3.95. The van der Waals surface area contributed by atoms with Gasteiger partial charge in [-0.25, -0.2) is 13.2 Å². The molecule has 1 N–H and O–H groups in total. The summed E-state index contributed by atoms with van der Waals surface area (Å²) in [5, 5.41) is 2.37. The Balaban J connectivity index is 2.21. The molecule has 0 aliphatic rings. The molecule has 3 nitrogen and oxygen atoms in total. The molecule has 0 aromatic heterocycles. The summed E-state index contributed by atoms with van der Waals surface area (Å²) in [7, 11) is 0. The van der Waals surface area contributed by atoms with E-state index in [4.69, 9.17) is 0 Å². The summed E-state index contributed by atoms with van der Waals surface area (Å²) >= 11 is 0. The van der Waals surface area contributed by atoms with E-state index in [2.05, 4.69) is 5.32 Å². The first kappa shape index (κ1) is 13.8. The van der Waals surface area contributed by atoms with Crippen molar-refractivity contribution in [3.8, 4) is 0 Å². The quantitative estimate of drug-likeness (QED) is 0.693. The standard InChI is InChI=1S/C14H8F3NO2/c15-11-5-9(6-12(16)13(11)17)14(20)18-10-3-1-8(7-19)2-4-10/h1-7H,(H,18,20). The van der Waals surface area contributed by atoms with Gasteiger partial charge in [-0.2, -0.15) is 0 Å². The molecule has 0 bridgehead atoms. The third-order valence-corrected chi connectivity index (χ3v) is 2.55. The summed E-state index contributed by atoms with van der Waals surface area (Å²) in [6, 6.07) is 7.06. The summed E-state index contributed by atoms with van der Waals surface area (Å²) in [5.41, 5.74) is 0.411. The molecule has 20 heavy (non-hydrogen) atoms. The number of anilines is 1. The Morgan fingerprint density at radius 3 is 2.05 bits per heavy atom. The van der Waals surface area contributed by atoms with Crippen LogP contribution in [-0.4, -0.2) is 12.2 Å². The topological polar surface area (TPSA) is 46.2 Å². The Bertz CT molecular complexity index is 646. The largest absolute Gasteiger partial charge is 0.322 e. The molecule has 0 aliphatic carbocycles. The molecule has 0 heterocycles. The van der Waals surface area contributed by atoms with Crippen molar-refractivity contribution in [2.45, 2.75) is 0 Å². The zero-order valence-corrected chi connectivity index (χ0v) is 9.99. The van der Waals surface area contributed by atoms with Crippen LogP contribution >= 0.6 is 0 Å². The van der Waals surface area contributed by atoms with Crippen LogP contribution in [0.2, 0.25) is 0 Å². The molecule has 2 rings (SSSR count). The Morgan fingerprint density at radius 1 is 1.00 bits per heavy atom. The lowest BCUT2D eigenvalue weighted by Crippen LogP contribution is -2.13. The highest BCUT2D eigenvalue weighted by molar-refractivity contribution is 6.04. The zero-order valence-electron chi connectivity index (χ0n) is 9.99. The predicted octanol–water partition coefficient (Wildman–Crippen LogP) is 3.17. The maximum absolute atomic E-state index is 13.0. The number of amides is 1. The average molecular weight is 279 g/mol. The molecule has 102 valence electrons. The monoisotopic (exact) mass is 279 g/mol. The van der Waals surface area contributed by atoms with Crippen LogP contribution in [0.5, 0.6) is 0 Å². The highest BCUT2D eigenvalue weighted by Gasteiger charge is 2.15. The van der Waals surface area contributed by atoms with Crippen LogP contribution in [0.15, 0.2) is 36.4 Å². The Labute approximate surface area is 112 Å². The van der Waals surface area contributed by atoms with Gasteiger partial charge in [-0.15, -0.1) is 0 Å². The first-order chi connectivity index (χ1) is 9.51. The van der Waals surface area contributed by atoms with E-state index in [1.165, 1.54) is 24.3 Å². The van der Waals surface area contributed by atoms with Crippen molar-refractivity contribution in [1.29, 1.82) is 0 Å². The normalized spacial score (nSPS) is 10.2. The number of nitrogens with one attached hydrogen (secondary N) is 1. The smallest absolute Gasteiger partial charge is 0.255 e. The van der Waals surface area contributed by atoms with Crippen molar-refractivity contribution in [3.63, 3.8) is 0 Å². The fraction of sp³-hybridized carbons (Fsp3) is 0. The van der Waals surface area contributed by atoms with Crippen LogP contribution in [0, 0.1) is 17.5 Å². The van der Waals surface area contributed by atoms with Crippen LogP contribution in [-0.2, 0) is 0 Å². The van der Waals surface area contributed by atoms with E-state index in [0.29, 0.717) is 29.7 Å². The number of carbonyl (C=O) groups is 2. The van der Waals surface area contributed by atoms with Gasteiger partial charge in [0.15, 0.2) is 17.5 Å². The fourth-order valence-corrected chi connectivity index (χ4v) is 1.53. The number of hydrogen-bond acceptors (Lipinski definition) is 2. The first-order valence-electron chi connectivity index (χ1n) is 5.52. The SMILES string of the molecule is O=Cc1ccc(NC(=O)c2cc(F)c(F)c(F)c2)cc1. The third kappa shape index (κ3) is 2.85. The maximum atomic E-state index is 13.0. The molecule has 6 heteroatoms. The van der Waals surface area contributed by atoms with Crippen molar-refractivity contribution >= 4 is 17.9 Å². The molecule has 2 aromatic rings. The van der Waals surface area contributed by atoms with Crippen LogP contribution in [0.1, 0.15) is 20.7 Å². The van der Waals surface area contributed by atoms with Gasteiger partial charge in [0.2, 0.25) is 0 Å². The minimum absolute atomic E-state index is 0.339.